The molecule has 2 amide bonds. The van der Waals surface area contributed by atoms with Crippen LogP contribution in [0.1, 0.15) is 43.1 Å². The third-order valence-corrected chi connectivity index (χ3v) is 6.39. The molecule has 1 N–H and O–H groups in total. The fourth-order valence-corrected chi connectivity index (χ4v) is 4.56. The molecule has 0 saturated heterocycles. The van der Waals surface area contributed by atoms with Gasteiger partial charge in [0.1, 0.15) is 11.5 Å². The van der Waals surface area contributed by atoms with Gasteiger partial charge in [0, 0.05) is 64.0 Å². The van der Waals surface area contributed by atoms with Gasteiger partial charge in [0.2, 0.25) is 11.8 Å². The molecule has 4 heterocycles. The van der Waals surface area contributed by atoms with Crippen molar-refractivity contribution in [2.75, 3.05) is 18.0 Å². The number of carbonyl (C=O) groups is 2. The van der Waals surface area contributed by atoms with Crippen LogP contribution in [0.5, 0.6) is 0 Å². The summed E-state index contributed by atoms with van der Waals surface area (Å²) in [6, 6.07) is 5.96. The van der Waals surface area contributed by atoms with Gasteiger partial charge in [-0.1, -0.05) is 0 Å². The van der Waals surface area contributed by atoms with Crippen LogP contribution in [-0.4, -0.2) is 49.0 Å². The van der Waals surface area contributed by atoms with Crippen molar-refractivity contribution in [2.45, 2.75) is 59.5 Å². The first-order chi connectivity index (χ1) is 15.9. The van der Waals surface area contributed by atoms with Gasteiger partial charge in [-0.05, 0) is 51.3 Å². The Balaban J connectivity index is 1.31. The van der Waals surface area contributed by atoms with Crippen molar-refractivity contribution >= 4 is 17.6 Å². The number of rotatable bonds is 8. The Hall–Kier alpha value is -3.36. The number of hydrogen-bond donors (Lipinski definition) is 1. The highest BCUT2D eigenvalue weighted by molar-refractivity contribution is 5.95. The molecule has 33 heavy (non-hydrogen) atoms. The fourth-order valence-electron chi connectivity index (χ4n) is 4.56. The highest BCUT2D eigenvalue weighted by Crippen LogP contribution is 2.28. The number of nitrogens with zero attached hydrogens (tertiary/aromatic N) is 6. The van der Waals surface area contributed by atoms with Gasteiger partial charge >= 0.3 is 0 Å². The van der Waals surface area contributed by atoms with Crippen molar-refractivity contribution < 1.29 is 9.59 Å². The number of carbonyl (C=O) groups excluding carboxylic acids is 2. The highest BCUT2D eigenvalue weighted by atomic mass is 16.2. The van der Waals surface area contributed by atoms with Gasteiger partial charge in [0.25, 0.3) is 0 Å². The van der Waals surface area contributed by atoms with Gasteiger partial charge in [0.05, 0.1) is 11.4 Å². The van der Waals surface area contributed by atoms with Crippen LogP contribution in [0.25, 0.3) is 11.4 Å². The minimum Gasteiger partial charge on any atom is -0.356 e. The van der Waals surface area contributed by atoms with Crippen LogP contribution in [0, 0.1) is 13.8 Å². The summed E-state index contributed by atoms with van der Waals surface area (Å²) in [6.07, 6.45) is 3.93. The van der Waals surface area contributed by atoms with Crippen LogP contribution in [-0.2, 0) is 36.1 Å². The Bertz CT molecular complexity index is 1150. The van der Waals surface area contributed by atoms with E-state index in [9.17, 15) is 9.59 Å². The monoisotopic (exact) mass is 451 g/mol. The molecule has 0 unspecified atom stereocenters. The Morgan fingerprint density at radius 3 is 2.67 bits per heavy atom. The molecule has 0 saturated carbocycles. The highest BCUT2D eigenvalue weighted by Gasteiger charge is 2.25. The van der Waals surface area contributed by atoms with E-state index in [2.05, 4.69) is 29.4 Å². The molecule has 0 fully saturated rings. The summed E-state index contributed by atoms with van der Waals surface area (Å²) in [7, 11) is 1.98. The van der Waals surface area contributed by atoms with Crippen LogP contribution in [0.4, 0.5) is 5.82 Å². The second-order valence-electron chi connectivity index (χ2n) is 8.58. The van der Waals surface area contributed by atoms with Crippen LogP contribution < -0.4 is 10.2 Å². The normalized spacial score (nSPS) is 13.3. The van der Waals surface area contributed by atoms with Crippen LogP contribution >= 0.6 is 0 Å². The summed E-state index contributed by atoms with van der Waals surface area (Å²) >= 11 is 0. The minimum absolute atomic E-state index is 0.0413. The smallest absolute Gasteiger partial charge is 0.228 e. The van der Waals surface area contributed by atoms with Gasteiger partial charge < -0.3 is 9.88 Å². The van der Waals surface area contributed by atoms with E-state index in [1.54, 1.807) is 4.90 Å². The summed E-state index contributed by atoms with van der Waals surface area (Å²) in [5, 5.41) is 12.2. The zero-order chi connectivity index (χ0) is 23.5. The lowest BCUT2D eigenvalue weighted by Crippen LogP contribution is -2.38. The molecule has 0 spiro atoms. The average Bonchev–Trinajstić information content (AvgIpc) is 3.49. The predicted octanol–water partition coefficient (Wildman–Crippen LogP) is 2.60. The first-order valence-corrected chi connectivity index (χ1v) is 11.7. The Kier molecular flexibility index (Phi) is 6.67. The lowest BCUT2D eigenvalue weighted by atomic mass is 10.1. The molecule has 9 heteroatoms. The number of nitrogens with one attached hydrogen (secondary N) is 1. The maximum Gasteiger partial charge on any atom is 0.228 e. The van der Waals surface area contributed by atoms with Crippen molar-refractivity contribution in [3.05, 3.63) is 41.3 Å². The van der Waals surface area contributed by atoms with E-state index >= 15 is 0 Å². The predicted molar refractivity (Wildman–Crippen MR) is 127 cm³/mol. The molecule has 0 aromatic carbocycles. The van der Waals surface area contributed by atoms with E-state index in [-0.39, 0.29) is 24.7 Å². The summed E-state index contributed by atoms with van der Waals surface area (Å²) < 4.78 is 5.89. The molecule has 176 valence electrons. The van der Waals surface area contributed by atoms with E-state index in [4.69, 9.17) is 0 Å². The molecular weight excluding hydrogens is 418 g/mol. The number of fused-ring (bicyclic) bond motifs is 1. The van der Waals surface area contributed by atoms with Crippen molar-refractivity contribution in [3.63, 3.8) is 0 Å². The maximum atomic E-state index is 12.9. The van der Waals surface area contributed by atoms with Gasteiger partial charge in [-0.2, -0.15) is 10.2 Å². The molecule has 9 nitrogen and oxygen atoms in total. The van der Waals surface area contributed by atoms with Crippen molar-refractivity contribution in [1.82, 2.24) is 29.4 Å². The van der Waals surface area contributed by atoms with Gasteiger partial charge in [-0.3, -0.25) is 19.2 Å². The molecule has 0 bridgehead atoms. The van der Waals surface area contributed by atoms with Crippen molar-refractivity contribution in [2.24, 2.45) is 7.05 Å². The first kappa shape index (κ1) is 22.8. The quantitative estimate of drug-likeness (QED) is 0.570. The molecule has 3 aromatic heterocycles. The van der Waals surface area contributed by atoms with Crippen molar-refractivity contribution in [1.29, 1.82) is 0 Å². The first-order valence-electron chi connectivity index (χ1n) is 11.7. The van der Waals surface area contributed by atoms with Crippen LogP contribution in [0.2, 0.25) is 0 Å². The van der Waals surface area contributed by atoms with E-state index in [0.29, 0.717) is 13.1 Å². The summed E-state index contributed by atoms with van der Waals surface area (Å²) in [5.41, 5.74) is 5.21. The van der Waals surface area contributed by atoms with E-state index in [1.165, 1.54) is 5.56 Å². The zero-order valence-electron chi connectivity index (χ0n) is 20.0. The third-order valence-electron chi connectivity index (χ3n) is 6.39. The molecule has 3 aromatic rings. The van der Waals surface area contributed by atoms with Gasteiger partial charge in [0.15, 0.2) is 0 Å². The average molecular weight is 452 g/mol. The molecule has 1 aliphatic rings. The summed E-state index contributed by atoms with van der Waals surface area (Å²) in [6.45, 7) is 8.95. The summed E-state index contributed by atoms with van der Waals surface area (Å²) in [5.74, 6) is 0.665. The number of anilines is 1. The van der Waals surface area contributed by atoms with Gasteiger partial charge in [-0.15, -0.1) is 0 Å². The minimum atomic E-state index is -0.100. The lowest BCUT2D eigenvalue weighted by Gasteiger charge is -2.27. The molecule has 0 aliphatic carbocycles. The lowest BCUT2D eigenvalue weighted by molar-refractivity contribution is -0.125. The summed E-state index contributed by atoms with van der Waals surface area (Å²) in [4.78, 5) is 27.1. The number of amides is 2. The molecular formula is C24H33N7O2. The number of aryl methyl sites for hydroxylation is 4. The van der Waals surface area contributed by atoms with E-state index in [0.717, 1.165) is 54.5 Å². The molecule has 0 radical (unpaired) electrons. The largest absolute Gasteiger partial charge is 0.356 e. The van der Waals surface area contributed by atoms with Crippen molar-refractivity contribution in [3.8, 4) is 11.4 Å². The number of aromatic nitrogens is 5. The second kappa shape index (κ2) is 9.64. The maximum absolute atomic E-state index is 12.9. The second-order valence-corrected chi connectivity index (χ2v) is 8.58. The van der Waals surface area contributed by atoms with Crippen LogP contribution in [0.3, 0.4) is 0 Å². The number of hydrogen-bond acceptors (Lipinski definition) is 4. The zero-order valence-corrected chi connectivity index (χ0v) is 20.0. The van der Waals surface area contributed by atoms with E-state index < -0.39 is 0 Å². The van der Waals surface area contributed by atoms with E-state index in [1.807, 2.05) is 52.3 Å². The SMILES string of the molecule is CCn1nc(C)c(CCNC(=O)CCC(=O)N2CCCn3nc(-c4cccn4C)cc32)c1C. The fraction of sp³-hybridized carbons (Fsp3) is 0.500. The van der Waals surface area contributed by atoms with Crippen LogP contribution in [0.15, 0.2) is 24.4 Å². The van der Waals surface area contributed by atoms with Gasteiger partial charge in [-0.25, -0.2) is 4.68 Å². The Morgan fingerprint density at radius 2 is 1.97 bits per heavy atom. The Morgan fingerprint density at radius 1 is 1.15 bits per heavy atom. The molecule has 4 rings (SSSR count). The molecule has 0 atom stereocenters. The molecule has 1 aliphatic heterocycles. The Labute approximate surface area is 194 Å². The standard InChI is InChI=1S/C24H33N7O2/c1-5-30-18(3)19(17(2)26-30)11-12-25-22(32)9-10-24(33)29-14-7-15-31-23(29)16-20(27-31)21-8-6-13-28(21)4/h6,8,13,16H,5,7,9-12,14-15H2,1-4H3,(H,25,32). The topological polar surface area (TPSA) is 90.0 Å². The third kappa shape index (κ3) is 4.72.